The third kappa shape index (κ3) is 5.68. The van der Waals surface area contributed by atoms with E-state index in [9.17, 15) is 0 Å². The monoisotopic (exact) mass is 804 g/mol. The van der Waals surface area contributed by atoms with Gasteiger partial charge in [-0.1, -0.05) is 182 Å². The molecular weight excluding hydrogens is 765 g/mol. The lowest BCUT2D eigenvalue weighted by Gasteiger charge is -2.30. The molecule has 2 aliphatic carbocycles. The van der Waals surface area contributed by atoms with E-state index in [1.165, 1.54) is 72.3 Å². The summed E-state index contributed by atoms with van der Waals surface area (Å²) >= 11 is 0. The Morgan fingerprint density at radius 3 is 1.38 bits per heavy atom. The summed E-state index contributed by atoms with van der Waals surface area (Å²) in [7, 11) is 0. The molecule has 8 aromatic carbocycles. The summed E-state index contributed by atoms with van der Waals surface area (Å²) in [6, 6.07) is 70.0. The highest BCUT2D eigenvalue weighted by molar-refractivity contribution is 5.98. The minimum atomic E-state index is -0.492. The van der Waals surface area contributed by atoms with E-state index >= 15 is 0 Å². The molecule has 0 amide bonds. The van der Waals surface area contributed by atoms with E-state index in [1.54, 1.807) is 0 Å². The highest BCUT2D eigenvalue weighted by Gasteiger charge is 2.51. The molecule has 2 aliphatic rings. The average Bonchev–Trinajstić information content (AvgIpc) is 3.81. The summed E-state index contributed by atoms with van der Waals surface area (Å²) in [5.74, 6) is 2.01. The molecule has 2 heterocycles. The molecule has 1 atom stereocenters. The molecule has 0 fully saturated rings. The highest BCUT2D eigenvalue weighted by atomic mass is 15.0. The second-order valence-corrected chi connectivity index (χ2v) is 16.6. The molecule has 0 radical (unpaired) electrons. The molecule has 1 spiro atoms. The van der Waals surface area contributed by atoms with E-state index in [-0.39, 0.29) is 0 Å². The van der Waals surface area contributed by atoms with Gasteiger partial charge in [0, 0.05) is 34.6 Å². The molecule has 0 saturated carbocycles. The second-order valence-electron chi connectivity index (χ2n) is 16.6. The fraction of sp³-hybridized carbons (Fsp3) is 0.0508. The standard InChI is InChI=1S/C59H40N4/c1-37-51(40-19-7-4-8-20-40)35-60-36-52(37)45-23-11-9-22-44(45)41-29-31-55-49(33-41)46-24-13-15-27-53(46)59(55)54-28-16-14-25-47(54)50-34-42(30-32-56(50)59)57-61-38(2)62-58(63-57)48-26-12-10-21-43(48)39-17-5-3-6-18-39/h3-36H,1-2H3. The van der Waals surface area contributed by atoms with Crippen molar-refractivity contribution in [3.8, 4) is 89.5 Å². The number of hydrogen-bond acceptors (Lipinski definition) is 4. The summed E-state index contributed by atoms with van der Waals surface area (Å²) in [6.45, 7) is 4.17. The predicted octanol–water partition coefficient (Wildman–Crippen LogP) is 14.2. The first-order valence-corrected chi connectivity index (χ1v) is 21.5. The van der Waals surface area contributed by atoms with E-state index in [1.807, 2.05) is 25.4 Å². The number of rotatable bonds is 6. The maximum atomic E-state index is 5.17. The summed E-state index contributed by atoms with van der Waals surface area (Å²) in [5.41, 5.74) is 22.0. The number of benzene rings is 8. The lowest BCUT2D eigenvalue weighted by atomic mass is 9.70. The molecule has 0 aliphatic heterocycles. The maximum Gasteiger partial charge on any atom is 0.164 e. The van der Waals surface area contributed by atoms with E-state index in [0.717, 1.165) is 33.4 Å². The summed E-state index contributed by atoms with van der Waals surface area (Å²) in [6.07, 6.45) is 4.00. The molecule has 12 rings (SSSR count). The molecule has 296 valence electrons. The van der Waals surface area contributed by atoms with Crippen LogP contribution in [-0.2, 0) is 5.41 Å². The molecule has 1 unspecified atom stereocenters. The number of fused-ring (bicyclic) bond motifs is 10. The van der Waals surface area contributed by atoms with Crippen molar-refractivity contribution in [2.45, 2.75) is 19.3 Å². The summed E-state index contributed by atoms with van der Waals surface area (Å²) in [5, 5.41) is 0. The average molecular weight is 805 g/mol. The molecular formula is C59H40N4. The fourth-order valence-corrected chi connectivity index (χ4v) is 10.4. The zero-order valence-corrected chi connectivity index (χ0v) is 34.9. The van der Waals surface area contributed by atoms with Gasteiger partial charge in [-0.05, 0) is 109 Å². The van der Waals surface area contributed by atoms with Crippen LogP contribution in [0.2, 0.25) is 0 Å². The number of hydrogen-bond donors (Lipinski definition) is 0. The smallest absolute Gasteiger partial charge is 0.164 e. The summed E-state index contributed by atoms with van der Waals surface area (Å²) < 4.78 is 0. The van der Waals surface area contributed by atoms with Gasteiger partial charge in [-0.25, -0.2) is 15.0 Å². The molecule has 0 N–H and O–H groups in total. The second kappa shape index (κ2) is 14.5. The largest absolute Gasteiger partial charge is 0.263 e. The first kappa shape index (κ1) is 36.7. The molecule has 10 aromatic rings. The molecule has 0 bridgehead atoms. The van der Waals surface area contributed by atoms with E-state index in [0.29, 0.717) is 17.5 Å². The molecule has 63 heavy (non-hydrogen) atoms. The lowest BCUT2D eigenvalue weighted by Crippen LogP contribution is -2.25. The van der Waals surface area contributed by atoms with Crippen LogP contribution in [0.3, 0.4) is 0 Å². The van der Waals surface area contributed by atoms with Gasteiger partial charge in [0.1, 0.15) is 5.82 Å². The Kier molecular flexibility index (Phi) is 8.48. The van der Waals surface area contributed by atoms with Crippen LogP contribution in [-0.4, -0.2) is 19.9 Å². The van der Waals surface area contributed by atoms with Crippen LogP contribution < -0.4 is 0 Å². The Bertz CT molecular complexity index is 3430. The van der Waals surface area contributed by atoms with Gasteiger partial charge < -0.3 is 0 Å². The van der Waals surface area contributed by atoms with E-state index in [4.69, 9.17) is 19.9 Å². The van der Waals surface area contributed by atoms with Crippen LogP contribution in [0.1, 0.15) is 33.6 Å². The third-order valence-electron chi connectivity index (χ3n) is 13.2. The van der Waals surface area contributed by atoms with Crippen LogP contribution >= 0.6 is 0 Å². The van der Waals surface area contributed by atoms with Gasteiger partial charge in [0.05, 0.1) is 5.41 Å². The van der Waals surface area contributed by atoms with E-state index in [2.05, 4.69) is 195 Å². The molecule has 0 saturated heterocycles. The van der Waals surface area contributed by atoms with Gasteiger partial charge in [0.15, 0.2) is 11.6 Å². The Morgan fingerprint density at radius 1 is 0.302 bits per heavy atom. The predicted molar refractivity (Wildman–Crippen MR) is 256 cm³/mol. The van der Waals surface area contributed by atoms with Crippen LogP contribution in [0.15, 0.2) is 207 Å². The highest BCUT2D eigenvalue weighted by Crippen LogP contribution is 2.63. The zero-order chi connectivity index (χ0) is 42.1. The Hall–Kier alpha value is -8.08. The van der Waals surface area contributed by atoms with Crippen molar-refractivity contribution in [1.29, 1.82) is 0 Å². The van der Waals surface area contributed by atoms with Crippen molar-refractivity contribution in [3.05, 3.63) is 240 Å². The number of pyridine rings is 1. The first-order valence-electron chi connectivity index (χ1n) is 21.5. The molecule has 2 aromatic heterocycles. The quantitative estimate of drug-likeness (QED) is 0.168. The van der Waals surface area contributed by atoms with Crippen LogP contribution in [0.4, 0.5) is 0 Å². The molecule has 4 nitrogen and oxygen atoms in total. The lowest BCUT2D eigenvalue weighted by molar-refractivity contribution is 0.794. The Morgan fingerprint density at radius 2 is 0.746 bits per heavy atom. The van der Waals surface area contributed by atoms with Gasteiger partial charge in [-0.3, -0.25) is 4.98 Å². The van der Waals surface area contributed by atoms with Crippen molar-refractivity contribution in [2.75, 3.05) is 0 Å². The SMILES string of the molecule is Cc1nc(-c2ccc3c(c2)-c2ccccc2C32c3ccccc3-c3cc(-c4ccccc4-c4cncc(-c5ccccc5)c4C)ccc32)nc(-c2ccccc2-c2ccccc2)n1. The maximum absolute atomic E-state index is 5.17. The van der Waals surface area contributed by atoms with Gasteiger partial charge in [0.25, 0.3) is 0 Å². The Labute approximate surface area is 367 Å². The van der Waals surface area contributed by atoms with Crippen molar-refractivity contribution < 1.29 is 0 Å². The Balaban J connectivity index is 1.00. The van der Waals surface area contributed by atoms with Crippen molar-refractivity contribution >= 4 is 0 Å². The topological polar surface area (TPSA) is 51.6 Å². The minimum Gasteiger partial charge on any atom is -0.263 e. The first-order chi connectivity index (χ1) is 31.1. The summed E-state index contributed by atoms with van der Waals surface area (Å²) in [4.78, 5) is 19.8. The minimum absolute atomic E-state index is 0.492. The van der Waals surface area contributed by atoms with Gasteiger partial charge >= 0.3 is 0 Å². The van der Waals surface area contributed by atoms with Gasteiger partial charge in [0.2, 0.25) is 0 Å². The van der Waals surface area contributed by atoms with Crippen LogP contribution in [0.25, 0.3) is 89.5 Å². The van der Waals surface area contributed by atoms with Crippen molar-refractivity contribution in [1.82, 2.24) is 19.9 Å². The number of aryl methyl sites for hydroxylation is 1. The number of aromatic nitrogens is 4. The van der Waals surface area contributed by atoms with Gasteiger partial charge in [-0.2, -0.15) is 0 Å². The zero-order valence-electron chi connectivity index (χ0n) is 34.9. The van der Waals surface area contributed by atoms with Crippen LogP contribution in [0, 0.1) is 13.8 Å². The van der Waals surface area contributed by atoms with E-state index < -0.39 is 5.41 Å². The third-order valence-corrected chi connectivity index (χ3v) is 13.2. The van der Waals surface area contributed by atoms with Crippen molar-refractivity contribution in [2.24, 2.45) is 0 Å². The van der Waals surface area contributed by atoms with Crippen molar-refractivity contribution in [3.63, 3.8) is 0 Å². The normalized spacial score (nSPS) is 14.3. The fourth-order valence-electron chi connectivity index (χ4n) is 10.4. The number of nitrogens with zero attached hydrogens (tertiary/aromatic N) is 4. The van der Waals surface area contributed by atoms with Crippen LogP contribution in [0.5, 0.6) is 0 Å². The molecule has 4 heteroatoms. The van der Waals surface area contributed by atoms with Gasteiger partial charge in [-0.15, -0.1) is 0 Å².